The maximum absolute atomic E-state index is 12.1. The van der Waals surface area contributed by atoms with Crippen LogP contribution in [0.5, 0.6) is 11.5 Å². The van der Waals surface area contributed by atoms with Crippen LogP contribution in [0.4, 0.5) is 0 Å². The highest BCUT2D eigenvalue weighted by molar-refractivity contribution is 5.96. The van der Waals surface area contributed by atoms with Gasteiger partial charge in [0.2, 0.25) is 12.7 Å². The summed E-state index contributed by atoms with van der Waals surface area (Å²) < 4.78 is 10.6. The number of benzene rings is 3. The van der Waals surface area contributed by atoms with Gasteiger partial charge in [-0.15, -0.1) is 0 Å². The average Bonchev–Trinajstić information content (AvgIpc) is 3.12. The summed E-state index contributed by atoms with van der Waals surface area (Å²) in [5.74, 6) is 1.33. The molecular formula is C21H17NO3. The third-order valence-corrected chi connectivity index (χ3v) is 4.14. The van der Waals surface area contributed by atoms with Crippen LogP contribution in [0, 0.1) is 0 Å². The first-order chi connectivity index (χ1) is 12.3. The monoisotopic (exact) mass is 331 g/mol. The number of ether oxygens (including phenoxy) is 2. The predicted molar refractivity (Wildman–Crippen MR) is 97.4 cm³/mol. The molecule has 0 radical (unpaired) electrons. The van der Waals surface area contributed by atoms with Crippen molar-refractivity contribution in [2.75, 3.05) is 6.79 Å². The maximum atomic E-state index is 12.1. The molecule has 0 unspecified atom stereocenters. The summed E-state index contributed by atoms with van der Waals surface area (Å²) in [4.78, 5) is 12.1. The zero-order valence-corrected chi connectivity index (χ0v) is 13.6. The molecule has 0 saturated carbocycles. The van der Waals surface area contributed by atoms with E-state index in [1.54, 1.807) is 6.08 Å². The Morgan fingerprint density at radius 1 is 1.00 bits per heavy atom. The van der Waals surface area contributed by atoms with E-state index in [4.69, 9.17) is 9.47 Å². The maximum Gasteiger partial charge on any atom is 0.244 e. The summed E-state index contributed by atoms with van der Waals surface area (Å²) >= 11 is 0. The van der Waals surface area contributed by atoms with Crippen LogP contribution >= 0.6 is 0 Å². The average molecular weight is 331 g/mol. The number of nitrogens with one attached hydrogen (secondary N) is 1. The first kappa shape index (κ1) is 15.3. The van der Waals surface area contributed by atoms with Crippen LogP contribution in [-0.4, -0.2) is 12.7 Å². The highest BCUT2D eigenvalue weighted by Gasteiger charge is 2.13. The van der Waals surface area contributed by atoms with Gasteiger partial charge >= 0.3 is 0 Å². The minimum Gasteiger partial charge on any atom is -0.454 e. The molecule has 3 aromatic rings. The molecule has 0 fully saturated rings. The summed E-state index contributed by atoms with van der Waals surface area (Å²) in [6.45, 7) is 0.689. The van der Waals surface area contributed by atoms with E-state index in [-0.39, 0.29) is 12.7 Å². The van der Waals surface area contributed by atoms with E-state index < -0.39 is 0 Å². The minimum atomic E-state index is -0.134. The third kappa shape index (κ3) is 3.33. The van der Waals surface area contributed by atoms with Gasteiger partial charge in [-0.2, -0.15) is 0 Å². The Morgan fingerprint density at radius 3 is 2.80 bits per heavy atom. The smallest absolute Gasteiger partial charge is 0.244 e. The Bertz CT molecular complexity index is 957. The number of fused-ring (bicyclic) bond motifs is 2. The summed E-state index contributed by atoms with van der Waals surface area (Å²) in [6, 6.07) is 19.8. The molecule has 4 heteroatoms. The highest BCUT2D eigenvalue weighted by atomic mass is 16.7. The second kappa shape index (κ2) is 6.69. The van der Waals surface area contributed by atoms with E-state index in [1.807, 2.05) is 48.5 Å². The van der Waals surface area contributed by atoms with Gasteiger partial charge in [-0.25, -0.2) is 0 Å². The van der Waals surface area contributed by atoms with Gasteiger partial charge in [-0.1, -0.05) is 48.5 Å². The first-order valence-electron chi connectivity index (χ1n) is 8.12. The molecule has 1 amide bonds. The molecule has 124 valence electrons. The van der Waals surface area contributed by atoms with Crippen molar-refractivity contribution in [2.24, 2.45) is 0 Å². The van der Waals surface area contributed by atoms with E-state index in [9.17, 15) is 4.79 Å². The lowest BCUT2D eigenvalue weighted by molar-refractivity contribution is -0.116. The van der Waals surface area contributed by atoms with Gasteiger partial charge in [0, 0.05) is 12.6 Å². The van der Waals surface area contributed by atoms with Gasteiger partial charge in [0.1, 0.15) is 0 Å². The van der Waals surface area contributed by atoms with Crippen molar-refractivity contribution in [3.8, 4) is 11.5 Å². The first-order valence-corrected chi connectivity index (χ1v) is 8.12. The Balaban J connectivity index is 1.42. The summed E-state index contributed by atoms with van der Waals surface area (Å²) in [5.41, 5.74) is 1.99. The van der Waals surface area contributed by atoms with Crippen molar-refractivity contribution in [3.05, 3.63) is 77.9 Å². The fourth-order valence-corrected chi connectivity index (χ4v) is 2.86. The molecule has 3 aromatic carbocycles. The Kier molecular flexibility index (Phi) is 4.09. The van der Waals surface area contributed by atoms with Crippen LogP contribution in [0.15, 0.2) is 66.7 Å². The zero-order valence-electron chi connectivity index (χ0n) is 13.6. The molecule has 0 bridgehead atoms. The molecule has 4 rings (SSSR count). The van der Waals surface area contributed by atoms with Crippen LogP contribution in [-0.2, 0) is 11.3 Å². The van der Waals surface area contributed by atoms with Crippen molar-refractivity contribution in [1.29, 1.82) is 0 Å². The predicted octanol–water partition coefficient (Wildman–Crippen LogP) is 3.90. The van der Waals surface area contributed by atoms with Gasteiger partial charge < -0.3 is 14.8 Å². The van der Waals surface area contributed by atoms with Crippen molar-refractivity contribution >= 4 is 22.8 Å². The number of carbonyl (C=O) groups excluding carboxylic acids is 1. The van der Waals surface area contributed by atoms with Gasteiger partial charge in [-0.05, 0) is 40.1 Å². The molecular weight excluding hydrogens is 314 g/mol. The zero-order chi connectivity index (χ0) is 17.1. The van der Waals surface area contributed by atoms with E-state index in [1.165, 1.54) is 0 Å². The van der Waals surface area contributed by atoms with Crippen LogP contribution in [0.2, 0.25) is 0 Å². The molecule has 4 nitrogen and oxygen atoms in total. The highest BCUT2D eigenvalue weighted by Crippen LogP contribution is 2.32. The van der Waals surface area contributed by atoms with E-state index in [0.717, 1.165) is 33.4 Å². The Morgan fingerprint density at radius 2 is 1.84 bits per heavy atom. The van der Waals surface area contributed by atoms with Crippen LogP contribution < -0.4 is 14.8 Å². The van der Waals surface area contributed by atoms with Crippen molar-refractivity contribution < 1.29 is 14.3 Å². The molecule has 1 aliphatic rings. The molecule has 0 aliphatic carbocycles. The van der Waals surface area contributed by atoms with Gasteiger partial charge in [0.25, 0.3) is 0 Å². The van der Waals surface area contributed by atoms with E-state index >= 15 is 0 Å². The molecule has 0 saturated heterocycles. The quantitative estimate of drug-likeness (QED) is 0.738. The van der Waals surface area contributed by atoms with Crippen LogP contribution in [0.1, 0.15) is 11.1 Å². The van der Waals surface area contributed by atoms with Crippen molar-refractivity contribution in [2.45, 2.75) is 6.54 Å². The lowest BCUT2D eigenvalue weighted by atomic mass is 10.0. The minimum absolute atomic E-state index is 0.134. The summed E-state index contributed by atoms with van der Waals surface area (Å²) in [5, 5.41) is 5.17. The fourth-order valence-electron chi connectivity index (χ4n) is 2.86. The van der Waals surface area contributed by atoms with Gasteiger partial charge in [0.15, 0.2) is 11.5 Å². The fraction of sp³-hybridized carbons (Fsp3) is 0.0952. The molecule has 0 aromatic heterocycles. The largest absolute Gasteiger partial charge is 0.454 e. The van der Waals surface area contributed by atoms with E-state index in [0.29, 0.717) is 6.54 Å². The Hall–Kier alpha value is -3.27. The molecule has 1 heterocycles. The molecule has 1 aliphatic heterocycles. The molecule has 25 heavy (non-hydrogen) atoms. The van der Waals surface area contributed by atoms with Gasteiger partial charge in [-0.3, -0.25) is 4.79 Å². The molecule has 0 atom stereocenters. The summed E-state index contributed by atoms with van der Waals surface area (Å²) in [6.07, 6.45) is 3.41. The van der Waals surface area contributed by atoms with Crippen molar-refractivity contribution in [1.82, 2.24) is 5.32 Å². The second-order valence-corrected chi connectivity index (χ2v) is 5.81. The number of carbonyl (C=O) groups is 1. The normalized spacial score (nSPS) is 12.6. The summed E-state index contributed by atoms with van der Waals surface area (Å²) in [7, 11) is 0. The number of hydrogen-bond donors (Lipinski definition) is 1. The second-order valence-electron chi connectivity index (χ2n) is 5.81. The number of hydrogen-bond acceptors (Lipinski definition) is 3. The number of amides is 1. The van der Waals surface area contributed by atoms with Crippen LogP contribution in [0.25, 0.3) is 16.8 Å². The topological polar surface area (TPSA) is 47.6 Å². The molecule has 0 spiro atoms. The standard InChI is InChI=1S/C21H17NO3/c23-21(22-13-15-8-10-19-20(12-15)25-14-24-19)11-9-17-6-3-5-16-4-1-2-7-18(16)17/h1-12H,13-14H2,(H,22,23)/b11-9+. The van der Waals surface area contributed by atoms with Crippen LogP contribution in [0.3, 0.4) is 0 Å². The molecule has 1 N–H and O–H groups in total. The number of rotatable bonds is 4. The SMILES string of the molecule is O=C(/C=C/c1cccc2ccccc12)NCc1ccc2c(c1)OCO2. The lowest BCUT2D eigenvalue weighted by Gasteiger charge is -2.04. The van der Waals surface area contributed by atoms with Crippen molar-refractivity contribution in [3.63, 3.8) is 0 Å². The lowest BCUT2D eigenvalue weighted by Crippen LogP contribution is -2.20. The van der Waals surface area contributed by atoms with E-state index in [2.05, 4.69) is 23.5 Å². The van der Waals surface area contributed by atoms with Gasteiger partial charge in [0.05, 0.1) is 0 Å². The third-order valence-electron chi connectivity index (χ3n) is 4.14. The Labute approximate surface area is 145 Å².